The number of allylic oxidation sites excluding steroid dienone is 10. The van der Waals surface area contributed by atoms with Gasteiger partial charge in [0.05, 0.1) is 6.61 Å². The van der Waals surface area contributed by atoms with Crippen LogP contribution in [0, 0.1) is 0 Å². The van der Waals surface area contributed by atoms with Crippen LogP contribution < -0.4 is 0 Å². The molecule has 9 heteroatoms. The zero-order valence-corrected chi connectivity index (χ0v) is 35.2. The highest BCUT2D eigenvalue weighted by Crippen LogP contribution is 2.36. The van der Waals surface area contributed by atoms with E-state index in [1.165, 1.54) is 103 Å². The maximum atomic E-state index is 12.4. The van der Waals surface area contributed by atoms with Crippen LogP contribution in [0.25, 0.3) is 0 Å². The van der Waals surface area contributed by atoms with Crippen LogP contribution in [0.1, 0.15) is 194 Å². The van der Waals surface area contributed by atoms with Crippen LogP contribution in [-0.2, 0) is 28.2 Å². The lowest BCUT2D eigenvalue weighted by atomic mass is 10.0. The van der Waals surface area contributed by atoms with E-state index in [0.717, 1.165) is 51.4 Å². The Morgan fingerprint density at radius 3 is 1.41 bits per heavy atom. The van der Waals surface area contributed by atoms with Crippen LogP contribution >= 0.6 is 7.82 Å². The predicted molar refractivity (Wildman–Crippen MR) is 225 cm³/mol. The van der Waals surface area contributed by atoms with Crippen LogP contribution in [0.15, 0.2) is 60.8 Å². The van der Waals surface area contributed by atoms with E-state index in [-0.39, 0.29) is 19.4 Å². The molecule has 0 radical (unpaired) electrons. The van der Waals surface area contributed by atoms with Gasteiger partial charge in [-0.05, 0) is 57.8 Å². The Morgan fingerprint density at radius 1 is 0.500 bits per heavy atom. The van der Waals surface area contributed by atoms with E-state index in [1.807, 2.05) is 36.5 Å². The molecule has 0 bridgehead atoms. The Hall–Kier alpha value is -2.25. The van der Waals surface area contributed by atoms with Crippen molar-refractivity contribution in [3.8, 4) is 0 Å². The van der Waals surface area contributed by atoms with Gasteiger partial charge < -0.3 is 19.3 Å². The first-order valence-electron chi connectivity index (χ1n) is 21.6. The normalized spacial score (nSPS) is 13.0. The van der Waals surface area contributed by atoms with Crippen molar-refractivity contribution in [3.05, 3.63) is 60.8 Å². The second-order valence-electron chi connectivity index (χ2n) is 14.4. The topological polar surface area (TPSA) is 119 Å². The Kier molecular flexibility index (Phi) is 38.7. The van der Waals surface area contributed by atoms with Gasteiger partial charge in [0.15, 0.2) is 6.10 Å². The molecule has 0 aliphatic carbocycles. The number of ether oxygens (including phenoxy) is 2. The third kappa shape index (κ3) is 42.5. The molecule has 0 saturated heterocycles. The van der Waals surface area contributed by atoms with E-state index >= 15 is 0 Å². The molecule has 312 valence electrons. The summed E-state index contributed by atoms with van der Waals surface area (Å²) in [6.45, 7) is 3.51. The van der Waals surface area contributed by atoms with Crippen LogP contribution in [0.5, 0.6) is 0 Å². The highest BCUT2D eigenvalue weighted by molar-refractivity contribution is 7.46. The number of unbranched alkanes of at least 4 members (excludes halogenated alkanes) is 22. The first-order valence-corrected chi connectivity index (χ1v) is 23.2. The van der Waals surface area contributed by atoms with Gasteiger partial charge in [0.1, 0.15) is 6.61 Å². The molecule has 2 N–H and O–H groups in total. The summed E-state index contributed by atoms with van der Waals surface area (Å²) in [4.78, 5) is 42.8. The molecule has 0 fully saturated rings. The summed E-state index contributed by atoms with van der Waals surface area (Å²) in [7, 11) is -4.77. The van der Waals surface area contributed by atoms with Crippen molar-refractivity contribution in [2.75, 3.05) is 13.2 Å². The van der Waals surface area contributed by atoms with E-state index < -0.39 is 32.5 Å². The fourth-order valence-corrected chi connectivity index (χ4v) is 6.27. The summed E-state index contributed by atoms with van der Waals surface area (Å²) in [5.74, 6) is -0.937. The second-order valence-corrected chi connectivity index (χ2v) is 15.6. The lowest BCUT2D eigenvalue weighted by Gasteiger charge is -2.18. The molecule has 0 aromatic carbocycles. The molecular weight excluding hydrogens is 699 g/mol. The maximum Gasteiger partial charge on any atom is 0.469 e. The Labute approximate surface area is 330 Å². The SMILES string of the molecule is CC/C=C/C=C/C=C/C=C/CCCCCC(=O)OC(COC(=O)CCCCCCCCC/C=C/CCCCCCCCCCCCCC)COP(=O)(O)O. The average Bonchev–Trinajstić information content (AvgIpc) is 3.14. The molecule has 0 aliphatic rings. The van der Waals surface area contributed by atoms with Gasteiger partial charge in [0.25, 0.3) is 0 Å². The molecule has 0 aromatic heterocycles. The van der Waals surface area contributed by atoms with Gasteiger partial charge in [0, 0.05) is 12.8 Å². The van der Waals surface area contributed by atoms with Crippen molar-refractivity contribution < 1.29 is 37.9 Å². The van der Waals surface area contributed by atoms with Crippen LogP contribution in [-0.4, -0.2) is 41.0 Å². The molecular formula is C45H79O8P. The Balaban J connectivity index is 3.89. The maximum absolute atomic E-state index is 12.4. The van der Waals surface area contributed by atoms with Gasteiger partial charge in [-0.1, -0.05) is 184 Å². The molecule has 0 saturated carbocycles. The van der Waals surface area contributed by atoms with Gasteiger partial charge in [-0.2, -0.15) is 0 Å². The van der Waals surface area contributed by atoms with Crippen molar-refractivity contribution in [2.45, 2.75) is 200 Å². The lowest BCUT2D eigenvalue weighted by molar-refractivity contribution is -0.161. The molecule has 54 heavy (non-hydrogen) atoms. The van der Waals surface area contributed by atoms with Crippen molar-refractivity contribution in [2.24, 2.45) is 0 Å². The van der Waals surface area contributed by atoms with Gasteiger partial charge in [-0.25, -0.2) is 4.57 Å². The number of phosphoric ester groups is 1. The van der Waals surface area contributed by atoms with Gasteiger partial charge in [-0.15, -0.1) is 0 Å². The molecule has 0 aromatic rings. The van der Waals surface area contributed by atoms with Crippen LogP contribution in [0.3, 0.4) is 0 Å². The average molecular weight is 779 g/mol. The molecule has 0 rings (SSSR count). The molecule has 0 aliphatic heterocycles. The van der Waals surface area contributed by atoms with Crippen LogP contribution in [0.4, 0.5) is 0 Å². The summed E-state index contributed by atoms with van der Waals surface area (Å²) >= 11 is 0. The van der Waals surface area contributed by atoms with E-state index in [0.29, 0.717) is 12.8 Å². The third-order valence-corrected chi connectivity index (χ3v) is 9.60. The number of phosphoric acid groups is 1. The molecule has 0 spiro atoms. The largest absolute Gasteiger partial charge is 0.469 e. The minimum absolute atomic E-state index is 0.163. The minimum atomic E-state index is -4.77. The summed E-state index contributed by atoms with van der Waals surface area (Å²) < 4.78 is 26.3. The van der Waals surface area contributed by atoms with E-state index in [1.54, 1.807) is 0 Å². The molecule has 0 amide bonds. The molecule has 8 nitrogen and oxygen atoms in total. The number of esters is 2. The van der Waals surface area contributed by atoms with E-state index in [2.05, 4.69) is 42.7 Å². The predicted octanol–water partition coefficient (Wildman–Crippen LogP) is 13.3. The highest BCUT2D eigenvalue weighted by Gasteiger charge is 2.22. The lowest BCUT2D eigenvalue weighted by Crippen LogP contribution is -2.29. The van der Waals surface area contributed by atoms with E-state index in [4.69, 9.17) is 19.3 Å². The number of hydrogen-bond donors (Lipinski definition) is 2. The molecule has 1 unspecified atom stereocenters. The standard InChI is InChI=1S/C45H79O8P/c1-3-5-7-9-11-13-15-17-18-19-20-21-22-23-24-25-26-28-29-31-33-35-37-39-44(46)51-41-43(42-52-54(48,49)50)53-45(47)40-38-36-34-32-30-27-16-14-12-10-8-6-4-2/h6,8,10,12,14,16,23-24,27,30,43H,3-5,7,9,11,13,15,17-22,25-26,28-29,31-42H2,1-2H3,(H2,48,49,50)/b8-6+,12-10+,16-14+,24-23+,30-27+. The Bertz CT molecular complexity index is 1060. The smallest absolute Gasteiger partial charge is 0.462 e. The zero-order valence-electron chi connectivity index (χ0n) is 34.4. The monoisotopic (exact) mass is 779 g/mol. The fourth-order valence-electron chi connectivity index (χ4n) is 5.91. The minimum Gasteiger partial charge on any atom is -0.462 e. The van der Waals surface area contributed by atoms with E-state index in [9.17, 15) is 14.2 Å². The fraction of sp³-hybridized carbons (Fsp3) is 0.733. The first-order chi connectivity index (χ1) is 26.3. The zero-order chi connectivity index (χ0) is 39.6. The van der Waals surface area contributed by atoms with Gasteiger partial charge in [0.2, 0.25) is 0 Å². The molecule has 1 atom stereocenters. The quantitative estimate of drug-likeness (QED) is 0.0208. The highest BCUT2D eigenvalue weighted by atomic mass is 31.2. The first kappa shape index (κ1) is 51.8. The summed E-state index contributed by atoms with van der Waals surface area (Å²) in [5, 5.41) is 0. The summed E-state index contributed by atoms with van der Waals surface area (Å²) in [6.07, 6.45) is 51.0. The number of carbonyl (C=O) groups excluding carboxylic acids is 2. The van der Waals surface area contributed by atoms with Crippen LogP contribution in [0.2, 0.25) is 0 Å². The molecule has 0 heterocycles. The second kappa shape index (κ2) is 40.4. The van der Waals surface area contributed by atoms with Crippen molar-refractivity contribution in [1.82, 2.24) is 0 Å². The number of hydrogen-bond acceptors (Lipinski definition) is 6. The third-order valence-electron chi connectivity index (χ3n) is 9.11. The summed E-state index contributed by atoms with van der Waals surface area (Å²) in [6, 6.07) is 0. The number of carbonyl (C=O) groups is 2. The van der Waals surface area contributed by atoms with Crippen molar-refractivity contribution in [1.29, 1.82) is 0 Å². The van der Waals surface area contributed by atoms with Crippen molar-refractivity contribution in [3.63, 3.8) is 0 Å². The van der Waals surface area contributed by atoms with Gasteiger partial charge in [-0.3, -0.25) is 14.1 Å². The van der Waals surface area contributed by atoms with Gasteiger partial charge >= 0.3 is 19.8 Å². The van der Waals surface area contributed by atoms with Crippen molar-refractivity contribution >= 4 is 19.8 Å². The number of rotatable bonds is 39. The Morgan fingerprint density at radius 2 is 0.907 bits per heavy atom. The summed E-state index contributed by atoms with van der Waals surface area (Å²) in [5.41, 5.74) is 0.